The Labute approximate surface area is 165 Å². The van der Waals surface area contributed by atoms with Gasteiger partial charge in [-0.05, 0) is 42.3 Å². The van der Waals surface area contributed by atoms with Crippen molar-refractivity contribution in [2.24, 2.45) is 0 Å². The summed E-state index contributed by atoms with van der Waals surface area (Å²) >= 11 is 0. The number of nitrogens with one attached hydrogen (secondary N) is 1. The van der Waals surface area contributed by atoms with Crippen molar-refractivity contribution in [2.45, 2.75) is 26.7 Å². The molecule has 0 spiro atoms. The van der Waals surface area contributed by atoms with Crippen LogP contribution in [-0.2, 0) is 12.8 Å². The Morgan fingerprint density at radius 1 is 1.04 bits per heavy atom. The number of benzene rings is 2. The highest BCUT2D eigenvalue weighted by atomic mass is 16.5. The number of nitrogens with zero attached hydrogens (tertiary/aromatic N) is 1. The van der Waals surface area contributed by atoms with Gasteiger partial charge >= 0.3 is 0 Å². The maximum atomic E-state index is 12.8. The highest BCUT2D eigenvalue weighted by Crippen LogP contribution is 2.36. The third-order valence-corrected chi connectivity index (χ3v) is 5.35. The smallest absolute Gasteiger partial charge is 0.253 e. The van der Waals surface area contributed by atoms with Crippen LogP contribution >= 0.6 is 0 Å². The molecule has 2 aliphatic heterocycles. The molecule has 2 aromatic carbocycles. The maximum absolute atomic E-state index is 12.8. The summed E-state index contributed by atoms with van der Waals surface area (Å²) in [5.74, 6) is 1.06. The van der Waals surface area contributed by atoms with E-state index in [1.165, 1.54) is 16.6 Å². The normalized spacial score (nSPS) is 15.0. The van der Waals surface area contributed by atoms with Crippen molar-refractivity contribution in [3.05, 3.63) is 70.9 Å². The number of aromatic amines is 1. The number of ether oxygens (including phenoxy) is 1. The van der Waals surface area contributed by atoms with Crippen molar-refractivity contribution < 1.29 is 9.53 Å². The van der Waals surface area contributed by atoms with Crippen LogP contribution in [0.5, 0.6) is 5.75 Å². The molecule has 0 fully saturated rings. The molecule has 144 valence electrons. The standard InChI is InChI=1S/C22H20N2O2.C2H6/c25-22(15-5-2-1-3-6-15)24-12-10-16-18(11-13-24)23-19-8-9-20-17(21(16)19)7-4-14-26-20;1-2/h1-9,23H,10-14H2;1-2H3. The number of aromatic nitrogens is 1. The van der Waals surface area contributed by atoms with Crippen molar-refractivity contribution in [1.29, 1.82) is 0 Å². The second kappa shape index (κ2) is 7.93. The molecule has 0 radical (unpaired) electrons. The Morgan fingerprint density at radius 2 is 1.82 bits per heavy atom. The van der Waals surface area contributed by atoms with E-state index in [9.17, 15) is 4.79 Å². The number of hydrogen-bond donors (Lipinski definition) is 1. The van der Waals surface area contributed by atoms with E-state index < -0.39 is 0 Å². The van der Waals surface area contributed by atoms with E-state index in [0.717, 1.165) is 48.3 Å². The van der Waals surface area contributed by atoms with E-state index >= 15 is 0 Å². The summed E-state index contributed by atoms with van der Waals surface area (Å²) in [5.41, 5.74) is 5.66. The fourth-order valence-corrected chi connectivity index (χ4v) is 4.07. The molecule has 0 bridgehead atoms. The number of amides is 1. The van der Waals surface area contributed by atoms with E-state index in [1.807, 2.05) is 55.1 Å². The molecule has 1 aromatic heterocycles. The van der Waals surface area contributed by atoms with Gasteiger partial charge in [-0.1, -0.05) is 38.1 Å². The van der Waals surface area contributed by atoms with Crippen molar-refractivity contribution in [1.82, 2.24) is 9.88 Å². The molecule has 1 amide bonds. The molecule has 1 N–H and O–H groups in total. The van der Waals surface area contributed by atoms with Crippen LogP contribution in [0.4, 0.5) is 0 Å². The molecule has 0 saturated carbocycles. The van der Waals surface area contributed by atoms with Gasteiger partial charge in [0.2, 0.25) is 0 Å². The quantitative estimate of drug-likeness (QED) is 0.662. The molecular formula is C24H26N2O2. The van der Waals surface area contributed by atoms with Gasteiger partial charge in [-0.2, -0.15) is 0 Å². The molecule has 3 aromatic rings. The molecule has 0 aliphatic carbocycles. The first-order chi connectivity index (χ1) is 13.8. The number of carbonyl (C=O) groups is 1. The summed E-state index contributed by atoms with van der Waals surface area (Å²) in [4.78, 5) is 18.4. The van der Waals surface area contributed by atoms with E-state index in [1.54, 1.807) is 0 Å². The zero-order valence-corrected chi connectivity index (χ0v) is 16.5. The second-order valence-corrected chi connectivity index (χ2v) is 6.85. The number of H-pyrrole nitrogens is 1. The van der Waals surface area contributed by atoms with Gasteiger partial charge in [0.25, 0.3) is 5.91 Å². The third-order valence-electron chi connectivity index (χ3n) is 5.35. The van der Waals surface area contributed by atoms with Gasteiger partial charge in [-0.3, -0.25) is 4.79 Å². The van der Waals surface area contributed by atoms with E-state index in [-0.39, 0.29) is 5.91 Å². The lowest BCUT2D eigenvalue weighted by atomic mass is 10.00. The monoisotopic (exact) mass is 374 g/mol. The molecule has 5 rings (SSSR count). The van der Waals surface area contributed by atoms with Crippen LogP contribution in [0.2, 0.25) is 0 Å². The highest BCUT2D eigenvalue weighted by molar-refractivity contribution is 5.96. The first-order valence-corrected chi connectivity index (χ1v) is 10.1. The first kappa shape index (κ1) is 18.4. The molecule has 4 nitrogen and oxygen atoms in total. The van der Waals surface area contributed by atoms with Crippen molar-refractivity contribution in [2.75, 3.05) is 19.7 Å². The summed E-state index contributed by atoms with van der Waals surface area (Å²) in [6, 6.07) is 13.7. The molecule has 0 unspecified atom stereocenters. The Bertz CT molecular complexity index is 1020. The first-order valence-electron chi connectivity index (χ1n) is 10.1. The summed E-state index contributed by atoms with van der Waals surface area (Å²) in [7, 11) is 0. The fourth-order valence-electron chi connectivity index (χ4n) is 4.07. The second-order valence-electron chi connectivity index (χ2n) is 6.85. The highest BCUT2D eigenvalue weighted by Gasteiger charge is 2.24. The number of carbonyl (C=O) groups excluding carboxylic acids is 1. The van der Waals surface area contributed by atoms with E-state index in [2.05, 4.69) is 23.2 Å². The van der Waals surface area contributed by atoms with Crippen LogP contribution in [0, 0.1) is 0 Å². The van der Waals surface area contributed by atoms with E-state index in [4.69, 9.17) is 4.74 Å². The molecule has 0 saturated heterocycles. The van der Waals surface area contributed by atoms with Gasteiger partial charge in [0, 0.05) is 47.2 Å². The van der Waals surface area contributed by atoms with Crippen LogP contribution in [0.25, 0.3) is 17.0 Å². The van der Waals surface area contributed by atoms with Crippen LogP contribution in [-0.4, -0.2) is 35.5 Å². The fraction of sp³-hybridized carbons (Fsp3) is 0.292. The van der Waals surface area contributed by atoms with Gasteiger partial charge < -0.3 is 14.6 Å². The van der Waals surface area contributed by atoms with Gasteiger partial charge in [-0.25, -0.2) is 0 Å². The van der Waals surface area contributed by atoms with E-state index in [0.29, 0.717) is 6.61 Å². The lowest BCUT2D eigenvalue weighted by Gasteiger charge is -2.20. The molecule has 2 aliphatic rings. The Balaban J connectivity index is 0.000000932. The molecule has 0 atom stereocenters. The summed E-state index contributed by atoms with van der Waals surface area (Å²) in [6.07, 6.45) is 5.93. The topological polar surface area (TPSA) is 45.3 Å². The van der Waals surface area contributed by atoms with Gasteiger partial charge in [0.05, 0.1) is 0 Å². The SMILES string of the molecule is CC.O=C(c1ccccc1)N1CCc2[nH]c3ccc4c(c3c2CC1)C=CCO4. The minimum atomic E-state index is 0.116. The Hall–Kier alpha value is -3.01. The predicted molar refractivity (Wildman–Crippen MR) is 114 cm³/mol. The van der Waals surface area contributed by atoms with Crippen LogP contribution in [0.1, 0.15) is 41.0 Å². The minimum absolute atomic E-state index is 0.116. The lowest BCUT2D eigenvalue weighted by Crippen LogP contribution is -2.33. The summed E-state index contributed by atoms with van der Waals surface area (Å²) in [5, 5.41) is 1.25. The van der Waals surface area contributed by atoms with Gasteiger partial charge in [0.15, 0.2) is 0 Å². The zero-order chi connectivity index (χ0) is 19.5. The number of hydrogen-bond acceptors (Lipinski definition) is 2. The van der Waals surface area contributed by atoms with Crippen molar-refractivity contribution in [3.63, 3.8) is 0 Å². The van der Waals surface area contributed by atoms with Crippen LogP contribution in [0.3, 0.4) is 0 Å². The molecular weight excluding hydrogens is 348 g/mol. The average molecular weight is 374 g/mol. The Kier molecular flexibility index (Phi) is 5.20. The Morgan fingerprint density at radius 3 is 2.64 bits per heavy atom. The third kappa shape index (κ3) is 3.19. The lowest BCUT2D eigenvalue weighted by molar-refractivity contribution is 0.0763. The number of rotatable bonds is 1. The molecule has 3 heterocycles. The maximum Gasteiger partial charge on any atom is 0.253 e. The zero-order valence-electron chi connectivity index (χ0n) is 16.5. The van der Waals surface area contributed by atoms with Crippen molar-refractivity contribution in [3.8, 4) is 5.75 Å². The average Bonchev–Trinajstić information content (AvgIpc) is 3.01. The summed E-state index contributed by atoms with van der Waals surface area (Å²) < 4.78 is 5.78. The largest absolute Gasteiger partial charge is 0.489 e. The van der Waals surface area contributed by atoms with Crippen LogP contribution < -0.4 is 4.74 Å². The van der Waals surface area contributed by atoms with Gasteiger partial charge in [-0.15, -0.1) is 0 Å². The predicted octanol–water partition coefficient (Wildman–Crippen LogP) is 4.84. The summed E-state index contributed by atoms with van der Waals surface area (Å²) in [6.45, 7) is 6.11. The molecule has 4 heteroatoms. The molecule has 28 heavy (non-hydrogen) atoms. The van der Waals surface area contributed by atoms with Crippen LogP contribution in [0.15, 0.2) is 48.5 Å². The number of fused-ring (bicyclic) bond motifs is 5. The van der Waals surface area contributed by atoms with Gasteiger partial charge in [0.1, 0.15) is 12.4 Å². The van der Waals surface area contributed by atoms with Crippen molar-refractivity contribution >= 4 is 22.9 Å². The minimum Gasteiger partial charge on any atom is -0.489 e.